The summed E-state index contributed by atoms with van der Waals surface area (Å²) in [4.78, 5) is 21.0. The van der Waals surface area contributed by atoms with Gasteiger partial charge in [0.1, 0.15) is 0 Å². The molecular weight excluding hydrogens is 431 g/mol. The molecule has 8 heteroatoms. The van der Waals surface area contributed by atoms with Crippen molar-refractivity contribution < 1.29 is 9.18 Å². The fraction of sp³-hybridized carbons (Fsp3) is 0.235. The molecule has 0 radical (unpaired) electrons. The summed E-state index contributed by atoms with van der Waals surface area (Å²) < 4.78 is 15.0. The standard InChI is InChI=1S/C17H14Cl2FN3OSe/c1-9-14-16(23-10-4-5-12(20)11(19)7-10)21-8-22-17(14)25-15(9)13(24)3-2-6-18/h4-5,7-8H,2-3,6H2,1H3,(H,21,22,23). The average Bonchev–Trinajstić information content (AvgIpc) is 2.94. The third-order valence-electron chi connectivity index (χ3n) is 3.70. The van der Waals surface area contributed by atoms with Gasteiger partial charge in [0.25, 0.3) is 0 Å². The zero-order valence-electron chi connectivity index (χ0n) is 13.3. The number of anilines is 2. The normalized spacial score (nSPS) is 11.0. The number of aromatic nitrogens is 2. The first-order valence-corrected chi connectivity index (χ1v) is 10.2. The molecule has 0 spiro atoms. The molecule has 0 aliphatic carbocycles. The summed E-state index contributed by atoms with van der Waals surface area (Å²) in [5, 5.41) is 4.02. The molecule has 0 aliphatic heterocycles. The van der Waals surface area contributed by atoms with Crippen LogP contribution in [0, 0.1) is 12.7 Å². The van der Waals surface area contributed by atoms with Gasteiger partial charge in [-0.1, -0.05) is 0 Å². The molecule has 0 aliphatic rings. The van der Waals surface area contributed by atoms with Gasteiger partial charge in [-0.2, -0.15) is 0 Å². The Morgan fingerprint density at radius 3 is 2.88 bits per heavy atom. The number of halogens is 3. The van der Waals surface area contributed by atoms with Crippen LogP contribution in [0.5, 0.6) is 0 Å². The Morgan fingerprint density at radius 1 is 1.36 bits per heavy atom. The van der Waals surface area contributed by atoms with Gasteiger partial charge >= 0.3 is 160 Å². The van der Waals surface area contributed by atoms with Gasteiger partial charge in [0.2, 0.25) is 0 Å². The van der Waals surface area contributed by atoms with E-state index >= 15 is 0 Å². The number of aryl methyl sites for hydroxylation is 1. The number of rotatable bonds is 6. The van der Waals surface area contributed by atoms with Crippen LogP contribution >= 0.6 is 23.2 Å². The van der Waals surface area contributed by atoms with Crippen LogP contribution in [0.2, 0.25) is 5.02 Å². The van der Waals surface area contributed by atoms with Crippen molar-refractivity contribution in [2.24, 2.45) is 0 Å². The van der Waals surface area contributed by atoms with Crippen LogP contribution in [0.4, 0.5) is 15.9 Å². The molecule has 0 unspecified atom stereocenters. The van der Waals surface area contributed by atoms with E-state index in [1.54, 1.807) is 6.07 Å². The molecule has 3 rings (SSSR count). The van der Waals surface area contributed by atoms with Crippen LogP contribution in [-0.2, 0) is 0 Å². The minimum absolute atomic E-state index is 0.0316. The van der Waals surface area contributed by atoms with Crippen LogP contribution in [0.3, 0.4) is 0 Å². The van der Waals surface area contributed by atoms with E-state index in [0.717, 1.165) is 19.8 Å². The van der Waals surface area contributed by atoms with Crippen LogP contribution in [-0.4, -0.2) is 36.1 Å². The number of hydrogen-bond acceptors (Lipinski definition) is 4. The molecule has 2 heterocycles. The van der Waals surface area contributed by atoms with Gasteiger partial charge in [-0.25, -0.2) is 0 Å². The first-order chi connectivity index (χ1) is 12.0. The van der Waals surface area contributed by atoms with Gasteiger partial charge in [0, 0.05) is 0 Å². The number of hydrogen-bond donors (Lipinski definition) is 1. The molecule has 0 fully saturated rings. The van der Waals surface area contributed by atoms with Crippen molar-refractivity contribution >= 4 is 64.8 Å². The number of ketones is 1. The summed E-state index contributed by atoms with van der Waals surface area (Å²) in [6.45, 7) is 1.91. The molecule has 2 aromatic heterocycles. The van der Waals surface area contributed by atoms with E-state index in [2.05, 4.69) is 15.3 Å². The SMILES string of the molecule is Cc1c(C(=O)CCCCl)[se]c2ncnc(Nc3ccc(F)c(Cl)c3)c12. The van der Waals surface area contributed by atoms with Crippen LogP contribution < -0.4 is 5.32 Å². The first kappa shape index (κ1) is 18.3. The molecular formula is C17H14Cl2FN3OSe. The molecule has 25 heavy (non-hydrogen) atoms. The molecule has 1 aromatic carbocycles. The number of nitrogens with one attached hydrogen (secondary N) is 1. The Labute approximate surface area is 160 Å². The number of fused-ring (bicyclic) bond motifs is 1. The van der Waals surface area contributed by atoms with E-state index in [1.807, 2.05) is 6.92 Å². The summed E-state index contributed by atoms with van der Waals surface area (Å²) in [7, 11) is 0. The summed E-state index contributed by atoms with van der Waals surface area (Å²) in [5.41, 5.74) is 1.51. The van der Waals surface area contributed by atoms with Crippen LogP contribution in [0.25, 0.3) is 9.78 Å². The van der Waals surface area contributed by atoms with E-state index in [1.165, 1.54) is 18.5 Å². The fourth-order valence-electron chi connectivity index (χ4n) is 2.48. The van der Waals surface area contributed by atoms with Crippen LogP contribution in [0.1, 0.15) is 27.6 Å². The van der Waals surface area contributed by atoms with Crippen molar-refractivity contribution in [3.8, 4) is 0 Å². The second kappa shape index (κ2) is 7.83. The number of benzene rings is 1. The van der Waals surface area contributed by atoms with E-state index in [0.29, 0.717) is 30.2 Å². The molecule has 0 saturated heterocycles. The molecule has 0 amide bonds. The Balaban J connectivity index is 2.00. The molecule has 130 valence electrons. The van der Waals surface area contributed by atoms with E-state index < -0.39 is 5.82 Å². The van der Waals surface area contributed by atoms with Gasteiger partial charge < -0.3 is 0 Å². The molecule has 1 N–H and O–H groups in total. The molecule has 4 nitrogen and oxygen atoms in total. The van der Waals surface area contributed by atoms with Gasteiger partial charge in [-0.05, 0) is 0 Å². The zero-order chi connectivity index (χ0) is 18.0. The summed E-state index contributed by atoms with van der Waals surface area (Å²) in [5.74, 6) is 0.696. The van der Waals surface area contributed by atoms with Gasteiger partial charge in [-0.3, -0.25) is 0 Å². The van der Waals surface area contributed by atoms with Crippen molar-refractivity contribution in [1.29, 1.82) is 0 Å². The number of carbonyl (C=O) groups is 1. The van der Waals surface area contributed by atoms with Crippen molar-refractivity contribution in [1.82, 2.24) is 9.97 Å². The third-order valence-corrected chi connectivity index (χ3v) is 6.86. The molecule has 3 aromatic rings. The topological polar surface area (TPSA) is 54.9 Å². The van der Waals surface area contributed by atoms with Gasteiger partial charge in [-0.15, -0.1) is 0 Å². The number of Topliss-reactive ketones (excluding diaryl/α,β-unsaturated/α-hetero) is 1. The van der Waals surface area contributed by atoms with Gasteiger partial charge in [0.05, 0.1) is 0 Å². The van der Waals surface area contributed by atoms with E-state index in [9.17, 15) is 9.18 Å². The molecule has 0 atom stereocenters. The third kappa shape index (κ3) is 3.87. The molecule has 0 bridgehead atoms. The summed E-state index contributed by atoms with van der Waals surface area (Å²) in [6.07, 6.45) is 2.57. The predicted molar refractivity (Wildman–Crippen MR) is 100 cm³/mol. The Kier molecular flexibility index (Phi) is 5.74. The summed E-state index contributed by atoms with van der Waals surface area (Å²) in [6, 6.07) is 4.37. The van der Waals surface area contributed by atoms with E-state index in [-0.39, 0.29) is 25.3 Å². The second-order valence-electron chi connectivity index (χ2n) is 5.43. The van der Waals surface area contributed by atoms with E-state index in [4.69, 9.17) is 23.2 Å². The Morgan fingerprint density at radius 2 is 2.16 bits per heavy atom. The maximum absolute atomic E-state index is 13.3. The first-order valence-electron chi connectivity index (χ1n) is 7.56. The van der Waals surface area contributed by atoms with Crippen molar-refractivity contribution in [2.45, 2.75) is 19.8 Å². The maximum atomic E-state index is 13.3. The monoisotopic (exact) mass is 445 g/mol. The van der Waals surface area contributed by atoms with Crippen LogP contribution in [0.15, 0.2) is 24.5 Å². The second-order valence-corrected chi connectivity index (χ2v) is 8.31. The average molecular weight is 445 g/mol. The zero-order valence-corrected chi connectivity index (χ0v) is 16.5. The Bertz CT molecular complexity index is 945. The van der Waals surface area contributed by atoms with Crippen molar-refractivity contribution in [3.05, 3.63) is 45.4 Å². The number of carbonyl (C=O) groups excluding carboxylic acids is 1. The predicted octanol–water partition coefficient (Wildman–Crippen LogP) is 4.73. The van der Waals surface area contributed by atoms with Gasteiger partial charge in [0.15, 0.2) is 0 Å². The van der Waals surface area contributed by atoms with Crippen molar-refractivity contribution in [3.63, 3.8) is 0 Å². The summed E-state index contributed by atoms with van der Waals surface area (Å²) >= 11 is 11.4. The van der Waals surface area contributed by atoms with Crippen molar-refractivity contribution in [2.75, 3.05) is 11.2 Å². The number of nitrogens with zero attached hydrogens (tertiary/aromatic N) is 2. The quantitative estimate of drug-likeness (QED) is 0.339. The fourth-order valence-corrected chi connectivity index (χ4v) is 5.14. The minimum atomic E-state index is -0.480. The number of alkyl halides is 1. The molecule has 0 saturated carbocycles. The Hall–Kier alpha value is -1.46.